The molecule has 0 heterocycles. The minimum Gasteiger partial charge on any atom is -0.497 e. The minimum absolute atomic E-state index is 0.0706. The van der Waals surface area contributed by atoms with Gasteiger partial charge in [-0.1, -0.05) is 32.7 Å². The van der Waals surface area contributed by atoms with E-state index in [-0.39, 0.29) is 5.84 Å². The molecule has 0 radical (unpaired) electrons. The number of halogens is 2. The summed E-state index contributed by atoms with van der Waals surface area (Å²) in [6, 6.07) is 10.2. The molecule has 0 spiro atoms. The fraction of sp³-hybridized carbons (Fsp3) is 0.0714. The Balaban J connectivity index is 2.48. The molecule has 2 rings (SSSR count). The predicted octanol–water partition coefficient (Wildman–Crippen LogP) is 4.00. The summed E-state index contributed by atoms with van der Waals surface area (Å²) in [5.41, 5.74) is 6.07. The number of amidine groups is 1. The number of nitrogens with zero attached hydrogens (tertiary/aromatic N) is 1. The molecular weight excluding hydrogens is 360 g/mol. The molecule has 0 aliphatic heterocycles. The second-order valence-corrected chi connectivity index (χ2v) is 5.35. The first-order valence-electron chi connectivity index (χ1n) is 5.84. The molecule has 0 atom stereocenters. The van der Waals surface area contributed by atoms with Crippen LogP contribution >= 0.6 is 27.5 Å². The number of ether oxygens (including phenoxy) is 2. The van der Waals surface area contributed by atoms with Gasteiger partial charge in [0.2, 0.25) is 0 Å². The van der Waals surface area contributed by atoms with Crippen LogP contribution in [0.3, 0.4) is 0 Å². The lowest BCUT2D eigenvalue weighted by Crippen LogP contribution is -2.14. The first kappa shape index (κ1) is 15.5. The van der Waals surface area contributed by atoms with Gasteiger partial charge in [-0.05, 0) is 30.3 Å². The van der Waals surface area contributed by atoms with E-state index in [1.807, 2.05) is 0 Å². The topological polar surface area (TPSA) is 77.1 Å². The van der Waals surface area contributed by atoms with Crippen LogP contribution in [0.5, 0.6) is 17.2 Å². The van der Waals surface area contributed by atoms with E-state index in [9.17, 15) is 0 Å². The Labute approximate surface area is 135 Å². The second kappa shape index (κ2) is 6.69. The fourth-order valence-electron chi connectivity index (χ4n) is 1.65. The average Bonchev–Trinajstić information content (AvgIpc) is 2.50. The van der Waals surface area contributed by atoms with Gasteiger partial charge in [-0.3, -0.25) is 0 Å². The van der Waals surface area contributed by atoms with Gasteiger partial charge < -0.3 is 20.4 Å². The molecule has 2 aromatic rings. The molecule has 0 aliphatic rings. The predicted molar refractivity (Wildman–Crippen MR) is 84.7 cm³/mol. The maximum atomic E-state index is 8.85. The van der Waals surface area contributed by atoms with Crippen LogP contribution < -0.4 is 15.2 Å². The molecule has 0 aromatic heterocycles. The Kier molecular flexibility index (Phi) is 4.93. The monoisotopic (exact) mass is 370 g/mol. The van der Waals surface area contributed by atoms with Crippen LogP contribution in [0.1, 0.15) is 5.56 Å². The molecule has 5 nitrogen and oxygen atoms in total. The summed E-state index contributed by atoms with van der Waals surface area (Å²) in [5, 5.41) is 12.3. The van der Waals surface area contributed by atoms with Crippen LogP contribution in [0.4, 0.5) is 0 Å². The molecule has 2 aromatic carbocycles. The van der Waals surface area contributed by atoms with Crippen molar-refractivity contribution in [1.82, 2.24) is 0 Å². The smallest absolute Gasteiger partial charge is 0.173 e. The molecule has 0 fully saturated rings. The van der Waals surface area contributed by atoms with Gasteiger partial charge in [0.1, 0.15) is 17.2 Å². The van der Waals surface area contributed by atoms with E-state index in [0.29, 0.717) is 27.8 Å². The van der Waals surface area contributed by atoms with Crippen LogP contribution in [0.2, 0.25) is 5.02 Å². The van der Waals surface area contributed by atoms with E-state index in [4.69, 9.17) is 32.0 Å². The van der Waals surface area contributed by atoms with Crippen LogP contribution in [0.15, 0.2) is 46.0 Å². The van der Waals surface area contributed by atoms with Gasteiger partial charge in [-0.2, -0.15) is 0 Å². The molecule has 0 aliphatic carbocycles. The molecule has 0 saturated heterocycles. The van der Waals surface area contributed by atoms with Crippen molar-refractivity contribution in [3.05, 3.63) is 51.5 Å². The van der Waals surface area contributed by atoms with Crippen molar-refractivity contribution in [2.45, 2.75) is 0 Å². The van der Waals surface area contributed by atoms with Crippen LogP contribution in [0, 0.1) is 0 Å². The molecule has 3 N–H and O–H groups in total. The Morgan fingerprint density at radius 3 is 2.67 bits per heavy atom. The maximum Gasteiger partial charge on any atom is 0.173 e. The lowest BCUT2D eigenvalue weighted by atomic mass is 10.1. The lowest BCUT2D eigenvalue weighted by Gasteiger charge is -2.13. The van der Waals surface area contributed by atoms with Crippen molar-refractivity contribution >= 4 is 33.4 Å². The van der Waals surface area contributed by atoms with Gasteiger partial charge >= 0.3 is 0 Å². The van der Waals surface area contributed by atoms with Crippen LogP contribution in [-0.2, 0) is 0 Å². The van der Waals surface area contributed by atoms with Gasteiger partial charge in [0.05, 0.1) is 17.7 Å². The summed E-state index contributed by atoms with van der Waals surface area (Å²) < 4.78 is 11.7. The Morgan fingerprint density at radius 1 is 1.24 bits per heavy atom. The summed E-state index contributed by atoms with van der Waals surface area (Å²) in [6.07, 6.45) is 0. The first-order chi connectivity index (χ1) is 10.0. The van der Waals surface area contributed by atoms with Gasteiger partial charge in [-0.25, -0.2) is 0 Å². The zero-order chi connectivity index (χ0) is 15.4. The lowest BCUT2D eigenvalue weighted by molar-refractivity contribution is 0.318. The number of rotatable bonds is 4. The van der Waals surface area contributed by atoms with Crippen molar-refractivity contribution < 1.29 is 14.7 Å². The molecule has 110 valence electrons. The Hall–Kier alpha value is -1.92. The number of oxime groups is 1. The van der Waals surface area contributed by atoms with E-state index in [1.54, 1.807) is 36.4 Å². The standard InChI is InChI=1S/C14H12BrClN2O3/c1-20-9-3-4-10(14(17)18-19)12(7-9)21-13-6-8(15)2-5-11(13)16/h2-7,19H,1H3,(H2,17,18). The quantitative estimate of drug-likeness (QED) is 0.368. The normalized spacial score (nSPS) is 11.3. The van der Waals surface area contributed by atoms with Gasteiger partial charge in [0.25, 0.3) is 0 Å². The largest absolute Gasteiger partial charge is 0.497 e. The highest BCUT2D eigenvalue weighted by Gasteiger charge is 2.13. The van der Waals surface area contributed by atoms with Crippen molar-refractivity contribution in [3.8, 4) is 17.2 Å². The zero-order valence-corrected chi connectivity index (χ0v) is 13.4. The summed E-state index contributed by atoms with van der Waals surface area (Å²) in [7, 11) is 1.54. The number of methoxy groups -OCH3 is 1. The SMILES string of the molecule is COc1ccc(/C(N)=N/O)c(Oc2cc(Br)ccc2Cl)c1. The van der Waals surface area contributed by atoms with Gasteiger partial charge in [0, 0.05) is 10.5 Å². The minimum atomic E-state index is -0.0706. The maximum absolute atomic E-state index is 8.85. The second-order valence-electron chi connectivity index (χ2n) is 4.02. The van der Waals surface area contributed by atoms with E-state index in [2.05, 4.69) is 21.1 Å². The molecule has 0 unspecified atom stereocenters. The molecule has 0 amide bonds. The fourth-order valence-corrected chi connectivity index (χ4v) is 2.15. The third-order valence-electron chi connectivity index (χ3n) is 2.69. The van der Waals surface area contributed by atoms with E-state index >= 15 is 0 Å². The third kappa shape index (κ3) is 3.59. The average molecular weight is 372 g/mol. The van der Waals surface area contributed by atoms with Crippen LogP contribution in [-0.4, -0.2) is 18.2 Å². The van der Waals surface area contributed by atoms with Crippen molar-refractivity contribution in [1.29, 1.82) is 0 Å². The van der Waals surface area contributed by atoms with E-state index < -0.39 is 0 Å². The number of hydrogen-bond acceptors (Lipinski definition) is 4. The van der Waals surface area contributed by atoms with Crippen LogP contribution in [0.25, 0.3) is 0 Å². The highest BCUT2D eigenvalue weighted by Crippen LogP contribution is 2.35. The highest BCUT2D eigenvalue weighted by molar-refractivity contribution is 9.10. The van der Waals surface area contributed by atoms with Crippen molar-refractivity contribution in [3.63, 3.8) is 0 Å². The van der Waals surface area contributed by atoms with Crippen molar-refractivity contribution in [2.24, 2.45) is 10.9 Å². The van der Waals surface area contributed by atoms with E-state index in [1.165, 1.54) is 7.11 Å². The molecular formula is C14H12BrClN2O3. The Morgan fingerprint density at radius 2 is 2.00 bits per heavy atom. The zero-order valence-electron chi connectivity index (χ0n) is 11.0. The number of benzene rings is 2. The molecule has 21 heavy (non-hydrogen) atoms. The number of hydrogen-bond donors (Lipinski definition) is 2. The molecule has 0 saturated carbocycles. The van der Waals surface area contributed by atoms with Crippen molar-refractivity contribution in [2.75, 3.05) is 7.11 Å². The molecule has 0 bridgehead atoms. The first-order valence-corrected chi connectivity index (χ1v) is 7.01. The highest BCUT2D eigenvalue weighted by atomic mass is 79.9. The summed E-state index contributed by atoms with van der Waals surface area (Å²) in [6.45, 7) is 0. The van der Waals surface area contributed by atoms with Gasteiger partial charge in [-0.15, -0.1) is 0 Å². The summed E-state index contributed by atoms with van der Waals surface area (Å²) in [5.74, 6) is 1.31. The number of nitrogens with two attached hydrogens (primary N) is 1. The van der Waals surface area contributed by atoms with Gasteiger partial charge in [0.15, 0.2) is 5.84 Å². The third-order valence-corrected chi connectivity index (χ3v) is 3.49. The van der Waals surface area contributed by atoms with E-state index in [0.717, 1.165) is 4.47 Å². The Bertz CT molecular complexity index is 692. The molecule has 7 heteroatoms. The summed E-state index contributed by atoms with van der Waals surface area (Å²) in [4.78, 5) is 0. The summed E-state index contributed by atoms with van der Waals surface area (Å²) >= 11 is 9.44.